The van der Waals surface area contributed by atoms with Gasteiger partial charge in [-0.25, -0.2) is 8.42 Å². The Kier molecular flexibility index (Phi) is 12.1. The maximum atomic E-state index is 14.7. The standard InChI is InChI=1S/C36H39BrClN3O5S/c1-5-46-33-17-10-9-16-31(33)41(47(44,45)30-20-18-29(38)19-21-30)25-34(42)40(24-27-14-11-15-28(37)22-27)32(35(43)39-36(2,3)4)23-26-12-7-6-8-13-26/h6-22,32H,5,23-25H2,1-4H3,(H,39,43)/t32-/m0/s1. The van der Waals surface area contributed by atoms with Crippen molar-refractivity contribution in [3.63, 3.8) is 0 Å². The van der Waals surface area contributed by atoms with E-state index in [9.17, 15) is 18.0 Å². The van der Waals surface area contributed by atoms with Crippen molar-refractivity contribution in [2.45, 2.75) is 57.1 Å². The molecule has 248 valence electrons. The van der Waals surface area contributed by atoms with E-state index in [1.807, 2.05) is 75.4 Å². The van der Waals surface area contributed by atoms with Crippen LogP contribution in [-0.2, 0) is 32.6 Å². The first-order chi connectivity index (χ1) is 22.3. The van der Waals surface area contributed by atoms with Crippen LogP contribution in [-0.4, -0.2) is 49.9 Å². The number of benzene rings is 4. The van der Waals surface area contributed by atoms with E-state index in [0.717, 1.165) is 19.9 Å². The van der Waals surface area contributed by atoms with Crippen LogP contribution in [0.1, 0.15) is 38.8 Å². The number of hydrogen-bond acceptors (Lipinski definition) is 5. The fraction of sp³-hybridized carbons (Fsp3) is 0.278. The fourth-order valence-electron chi connectivity index (χ4n) is 5.03. The molecule has 0 saturated heterocycles. The second-order valence-corrected chi connectivity index (χ2v) is 15.2. The van der Waals surface area contributed by atoms with Gasteiger partial charge in [-0.1, -0.05) is 82.1 Å². The molecule has 0 fully saturated rings. The summed E-state index contributed by atoms with van der Waals surface area (Å²) in [6, 6.07) is 28.3. The summed E-state index contributed by atoms with van der Waals surface area (Å²) in [5.41, 5.74) is 1.22. The number of sulfonamides is 1. The maximum absolute atomic E-state index is 14.7. The van der Waals surface area contributed by atoms with Gasteiger partial charge in [0.2, 0.25) is 11.8 Å². The molecule has 0 aliphatic heterocycles. The van der Waals surface area contributed by atoms with Gasteiger partial charge in [0, 0.05) is 28.0 Å². The first-order valence-corrected chi connectivity index (χ1v) is 17.8. The first kappa shape index (κ1) is 36.0. The smallest absolute Gasteiger partial charge is 0.264 e. The number of anilines is 1. The molecule has 1 atom stereocenters. The van der Waals surface area contributed by atoms with Gasteiger partial charge in [-0.3, -0.25) is 13.9 Å². The monoisotopic (exact) mass is 739 g/mol. The predicted octanol–water partition coefficient (Wildman–Crippen LogP) is 7.25. The largest absolute Gasteiger partial charge is 0.492 e. The lowest BCUT2D eigenvalue weighted by molar-refractivity contribution is -0.140. The summed E-state index contributed by atoms with van der Waals surface area (Å²) in [5.74, 6) is -0.629. The zero-order valence-corrected chi connectivity index (χ0v) is 30.0. The minimum absolute atomic E-state index is 0.0501. The van der Waals surface area contributed by atoms with Crippen LogP contribution in [0.25, 0.3) is 0 Å². The summed E-state index contributed by atoms with van der Waals surface area (Å²) in [6.07, 6.45) is 0.210. The summed E-state index contributed by atoms with van der Waals surface area (Å²) < 4.78 is 36.3. The minimum Gasteiger partial charge on any atom is -0.492 e. The molecule has 0 spiro atoms. The fourth-order valence-corrected chi connectivity index (χ4v) is 7.02. The van der Waals surface area contributed by atoms with Crippen LogP contribution >= 0.6 is 27.5 Å². The Morgan fingerprint density at radius 3 is 2.17 bits per heavy atom. The molecule has 47 heavy (non-hydrogen) atoms. The minimum atomic E-state index is -4.31. The lowest BCUT2D eigenvalue weighted by atomic mass is 10.0. The normalized spacial score (nSPS) is 12.2. The Morgan fingerprint density at radius 1 is 0.894 bits per heavy atom. The van der Waals surface area contributed by atoms with Crippen molar-refractivity contribution >= 4 is 55.1 Å². The number of amides is 2. The molecule has 0 aromatic heterocycles. The molecule has 8 nitrogen and oxygen atoms in total. The average Bonchev–Trinajstić information content (AvgIpc) is 3.02. The molecule has 1 N–H and O–H groups in total. The number of hydrogen-bond donors (Lipinski definition) is 1. The Bertz CT molecular complexity index is 1780. The van der Waals surface area contributed by atoms with Gasteiger partial charge in [0.15, 0.2) is 0 Å². The van der Waals surface area contributed by atoms with Crippen molar-refractivity contribution in [1.82, 2.24) is 10.2 Å². The number of nitrogens with one attached hydrogen (secondary N) is 1. The topological polar surface area (TPSA) is 96.0 Å². The van der Waals surface area contributed by atoms with E-state index in [2.05, 4.69) is 21.2 Å². The van der Waals surface area contributed by atoms with Crippen LogP contribution in [0.2, 0.25) is 5.02 Å². The molecular weight excluding hydrogens is 702 g/mol. The molecule has 0 heterocycles. The molecule has 2 amide bonds. The zero-order valence-electron chi connectivity index (χ0n) is 26.8. The number of ether oxygens (including phenoxy) is 1. The van der Waals surface area contributed by atoms with Gasteiger partial charge in [0.05, 0.1) is 17.2 Å². The third kappa shape index (κ3) is 9.82. The molecule has 0 saturated carbocycles. The summed E-state index contributed by atoms with van der Waals surface area (Å²) >= 11 is 9.59. The van der Waals surface area contributed by atoms with Crippen molar-refractivity contribution in [2.75, 3.05) is 17.5 Å². The Hall–Kier alpha value is -3.86. The van der Waals surface area contributed by atoms with Crippen molar-refractivity contribution < 1.29 is 22.7 Å². The van der Waals surface area contributed by atoms with Crippen LogP contribution in [0.3, 0.4) is 0 Å². The first-order valence-electron chi connectivity index (χ1n) is 15.2. The van der Waals surface area contributed by atoms with Crippen LogP contribution < -0.4 is 14.4 Å². The molecular formula is C36H39BrClN3O5S. The number of halogens is 2. The lowest BCUT2D eigenvalue weighted by Crippen LogP contribution is -2.56. The van der Waals surface area contributed by atoms with Crippen molar-refractivity contribution in [3.8, 4) is 5.75 Å². The van der Waals surface area contributed by atoms with Crippen molar-refractivity contribution in [2.24, 2.45) is 0 Å². The molecule has 0 radical (unpaired) electrons. The van der Waals surface area contributed by atoms with E-state index >= 15 is 0 Å². The summed E-state index contributed by atoms with van der Waals surface area (Å²) in [6.45, 7) is 7.14. The Labute approximate surface area is 290 Å². The molecule has 4 rings (SSSR count). The number of rotatable bonds is 13. The van der Waals surface area contributed by atoms with E-state index in [-0.39, 0.29) is 36.1 Å². The quantitative estimate of drug-likeness (QED) is 0.156. The highest BCUT2D eigenvalue weighted by molar-refractivity contribution is 9.10. The predicted molar refractivity (Wildman–Crippen MR) is 190 cm³/mol. The molecule has 0 aliphatic carbocycles. The van der Waals surface area contributed by atoms with Gasteiger partial charge >= 0.3 is 0 Å². The van der Waals surface area contributed by atoms with Crippen LogP contribution in [0.4, 0.5) is 5.69 Å². The van der Waals surface area contributed by atoms with Gasteiger partial charge in [0.1, 0.15) is 18.3 Å². The van der Waals surface area contributed by atoms with Gasteiger partial charge in [-0.05, 0) is 87.4 Å². The van der Waals surface area contributed by atoms with Gasteiger partial charge in [-0.15, -0.1) is 0 Å². The van der Waals surface area contributed by atoms with Gasteiger partial charge < -0.3 is 15.0 Å². The van der Waals surface area contributed by atoms with Crippen molar-refractivity contribution in [3.05, 3.63) is 124 Å². The third-order valence-electron chi connectivity index (χ3n) is 7.13. The highest BCUT2D eigenvalue weighted by Gasteiger charge is 2.36. The maximum Gasteiger partial charge on any atom is 0.264 e. The second kappa shape index (κ2) is 15.8. The van der Waals surface area contributed by atoms with Gasteiger partial charge in [0.25, 0.3) is 10.0 Å². The van der Waals surface area contributed by atoms with E-state index in [1.165, 1.54) is 29.2 Å². The van der Waals surface area contributed by atoms with Gasteiger partial charge in [-0.2, -0.15) is 0 Å². The van der Waals surface area contributed by atoms with Crippen LogP contribution in [0.5, 0.6) is 5.75 Å². The van der Waals surface area contributed by atoms with E-state index in [4.69, 9.17) is 16.3 Å². The summed E-state index contributed by atoms with van der Waals surface area (Å²) in [5, 5.41) is 3.41. The van der Waals surface area contributed by atoms with Crippen LogP contribution in [0, 0.1) is 0 Å². The van der Waals surface area contributed by atoms with Crippen molar-refractivity contribution in [1.29, 1.82) is 0 Å². The number of para-hydroxylation sites is 2. The number of nitrogens with zero attached hydrogens (tertiary/aromatic N) is 2. The molecule has 4 aromatic carbocycles. The molecule has 0 bridgehead atoms. The number of carbonyl (C=O) groups excluding carboxylic acids is 2. The highest BCUT2D eigenvalue weighted by atomic mass is 79.9. The van der Waals surface area contributed by atoms with E-state index in [0.29, 0.717) is 10.8 Å². The Morgan fingerprint density at radius 2 is 1.53 bits per heavy atom. The SMILES string of the molecule is CCOc1ccccc1N(CC(=O)N(Cc1cccc(Br)c1)[C@@H](Cc1ccccc1)C(=O)NC(C)(C)C)S(=O)(=O)c1ccc(Cl)cc1. The Balaban J connectivity index is 1.85. The molecule has 4 aromatic rings. The van der Waals surface area contributed by atoms with Crippen LogP contribution in [0.15, 0.2) is 112 Å². The van der Waals surface area contributed by atoms with E-state index in [1.54, 1.807) is 31.2 Å². The van der Waals surface area contributed by atoms with E-state index < -0.39 is 34.1 Å². The average molecular weight is 741 g/mol. The highest BCUT2D eigenvalue weighted by Crippen LogP contribution is 2.33. The lowest BCUT2D eigenvalue weighted by Gasteiger charge is -2.35. The molecule has 0 unspecified atom stereocenters. The molecule has 0 aliphatic rings. The molecule has 11 heteroatoms. The summed E-state index contributed by atoms with van der Waals surface area (Å²) in [7, 11) is -4.31. The third-order valence-corrected chi connectivity index (χ3v) is 9.64. The number of carbonyl (C=O) groups is 2. The summed E-state index contributed by atoms with van der Waals surface area (Å²) in [4.78, 5) is 30.1. The second-order valence-electron chi connectivity index (χ2n) is 12.0. The zero-order chi connectivity index (χ0) is 34.2.